The molecule has 0 aliphatic carbocycles. The van der Waals surface area contributed by atoms with Crippen molar-refractivity contribution in [2.24, 2.45) is 0 Å². The molecule has 0 amide bonds. The molecular formula is C3H6B2IP. The van der Waals surface area contributed by atoms with Gasteiger partial charge in [0.25, 0.3) is 0 Å². The summed E-state index contributed by atoms with van der Waals surface area (Å²) in [5.74, 6) is 0. The quantitative estimate of drug-likeness (QED) is 0.283. The van der Waals surface area contributed by atoms with Crippen molar-refractivity contribution in [3.8, 4) is 0 Å². The molecule has 0 saturated carbocycles. The Morgan fingerprint density at radius 3 is 2.14 bits per heavy atom. The van der Waals surface area contributed by atoms with Crippen molar-refractivity contribution in [3.63, 3.8) is 0 Å². The van der Waals surface area contributed by atoms with E-state index in [9.17, 15) is 0 Å². The summed E-state index contributed by atoms with van der Waals surface area (Å²) in [4.78, 5) is 0. The van der Waals surface area contributed by atoms with Gasteiger partial charge in [-0.15, -0.1) is 0 Å². The summed E-state index contributed by atoms with van der Waals surface area (Å²) < 4.78 is 0.223. The summed E-state index contributed by atoms with van der Waals surface area (Å²) in [7, 11) is 11.3. The highest BCUT2D eigenvalue weighted by molar-refractivity contribution is 14.1. The van der Waals surface area contributed by atoms with Crippen molar-refractivity contribution in [3.05, 3.63) is 0 Å². The van der Waals surface area contributed by atoms with E-state index in [1.807, 2.05) is 0 Å². The van der Waals surface area contributed by atoms with Gasteiger partial charge in [-0.1, -0.05) is 29.5 Å². The maximum Gasteiger partial charge on any atom is 0.104 e. The van der Waals surface area contributed by atoms with Crippen LogP contribution in [-0.2, 0) is 0 Å². The summed E-state index contributed by atoms with van der Waals surface area (Å²) in [6.07, 6.45) is 0. The second-order valence-corrected chi connectivity index (χ2v) is 4.08. The molecule has 4 heteroatoms. The Morgan fingerprint density at radius 2 is 2.14 bits per heavy atom. The zero-order chi connectivity index (χ0) is 5.86. The number of hydrogen-bond donors (Lipinski definition) is 0. The van der Waals surface area contributed by atoms with Crippen LogP contribution in [0.5, 0.6) is 0 Å². The van der Waals surface area contributed by atoms with Crippen molar-refractivity contribution in [1.82, 2.24) is 0 Å². The Morgan fingerprint density at radius 1 is 1.71 bits per heavy atom. The topological polar surface area (TPSA) is 0 Å². The van der Waals surface area contributed by atoms with Crippen LogP contribution < -0.4 is 0 Å². The molecule has 0 fully saturated rings. The standard InChI is InChI=1S/C3H6B2IP/c1-2(7-5)3(4)6/h2-3,7H,1H3. The molecule has 7 heavy (non-hydrogen) atoms. The average molecular weight is 222 g/mol. The summed E-state index contributed by atoms with van der Waals surface area (Å²) in [6, 6.07) is 0. The van der Waals surface area contributed by atoms with Crippen LogP contribution >= 0.6 is 31.1 Å². The first-order valence-electron chi connectivity index (χ1n) is 2.04. The van der Waals surface area contributed by atoms with Crippen LogP contribution in [0.4, 0.5) is 0 Å². The number of halogens is 1. The average Bonchev–Trinajstić information content (AvgIpc) is 1.65. The summed E-state index contributed by atoms with van der Waals surface area (Å²) in [6.45, 7) is 2.05. The molecule has 36 valence electrons. The molecule has 0 bridgehead atoms. The lowest BCUT2D eigenvalue weighted by Crippen LogP contribution is -2.10. The van der Waals surface area contributed by atoms with Crippen molar-refractivity contribution < 1.29 is 0 Å². The zero-order valence-corrected chi connectivity index (χ0v) is 7.34. The molecule has 0 aromatic rings. The third-order valence-corrected chi connectivity index (χ3v) is 3.38. The van der Waals surface area contributed by atoms with Crippen molar-refractivity contribution in [2.45, 2.75) is 16.4 Å². The highest BCUT2D eigenvalue weighted by atomic mass is 127. The van der Waals surface area contributed by atoms with Crippen LogP contribution in [-0.4, -0.2) is 24.9 Å². The van der Waals surface area contributed by atoms with Crippen LogP contribution in [0.1, 0.15) is 6.92 Å². The summed E-state index contributed by atoms with van der Waals surface area (Å²) in [5.41, 5.74) is 0.473. The smallest absolute Gasteiger partial charge is 0.104 e. The lowest BCUT2D eigenvalue weighted by molar-refractivity contribution is 1.10. The largest absolute Gasteiger partial charge is 0.169 e. The Kier molecular flexibility index (Phi) is 4.97. The fourth-order valence-corrected chi connectivity index (χ4v) is 0.899. The number of rotatable bonds is 2. The van der Waals surface area contributed by atoms with E-state index >= 15 is 0 Å². The van der Waals surface area contributed by atoms with E-state index < -0.39 is 0 Å². The van der Waals surface area contributed by atoms with Crippen LogP contribution in [0.15, 0.2) is 0 Å². The van der Waals surface area contributed by atoms with Gasteiger partial charge in [-0.25, -0.2) is 0 Å². The monoisotopic (exact) mass is 222 g/mol. The SMILES string of the molecule is [B]PC(C)C([B])I. The second kappa shape index (κ2) is 4.20. The minimum Gasteiger partial charge on any atom is -0.169 e. The predicted octanol–water partition coefficient (Wildman–Crippen LogP) is 1.07. The van der Waals surface area contributed by atoms with E-state index in [0.29, 0.717) is 14.1 Å². The molecule has 0 aromatic heterocycles. The first-order chi connectivity index (χ1) is 3.18. The summed E-state index contributed by atoms with van der Waals surface area (Å²) in [5, 5.41) is 0. The molecule has 3 atom stereocenters. The molecule has 0 aliphatic rings. The van der Waals surface area contributed by atoms with Crippen molar-refractivity contribution in [2.75, 3.05) is 0 Å². The van der Waals surface area contributed by atoms with Gasteiger partial charge >= 0.3 is 0 Å². The Labute approximate surface area is 62.9 Å². The van der Waals surface area contributed by atoms with Crippen LogP contribution in [0.3, 0.4) is 0 Å². The van der Waals surface area contributed by atoms with Crippen molar-refractivity contribution in [1.29, 1.82) is 0 Å². The number of hydrogen-bond acceptors (Lipinski definition) is 0. The fraction of sp³-hybridized carbons (Fsp3) is 1.00. The zero-order valence-electron chi connectivity index (χ0n) is 4.19. The van der Waals surface area contributed by atoms with Gasteiger partial charge < -0.3 is 0 Å². The van der Waals surface area contributed by atoms with Crippen LogP contribution in [0, 0.1) is 0 Å². The lowest BCUT2D eigenvalue weighted by Gasteiger charge is -2.10. The van der Waals surface area contributed by atoms with Gasteiger partial charge in [0.2, 0.25) is 0 Å². The molecule has 0 saturated heterocycles. The van der Waals surface area contributed by atoms with Gasteiger partial charge in [0.15, 0.2) is 0 Å². The van der Waals surface area contributed by atoms with E-state index in [-0.39, 0.29) is 3.82 Å². The third-order valence-electron chi connectivity index (χ3n) is 0.741. The van der Waals surface area contributed by atoms with Gasteiger partial charge in [-0.05, 0) is 9.48 Å². The summed E-state index contributed by atoms with van der Waals surface area (Å²) >= 11 is 2.17. The van der Waals surface area contributed by atoms with Crippen molar-refractivity contribution >= 4 is 46.5 Å². The van der Waals surface area contributed by atoms with Gasteiger partial charge in [0.05, 0.1) is 7.85 Å². The fourth-order valence-electron chi connectivity index (χ4n) is 0.0919. The highest BCUT2D eigenvalue weighted by Crippen LogP contribution is 2.18. The minimum absolute atomic E-state index is 0.223. The van der Waals surface area contributed by atoms with Crippen LogP contribution in [0.2, 0.25) is 0 Å². The molecule has 4 radical (unpaired) electrons. The molecule has 0 spiro atoms. The molecule has 0 rings (SSSR count). The Hall–Kier alpha value is 1.29. The number of alkyl halides is 1. The molecule has 0 heterocycles. The predicted molar refractivity (Wildman–Crippen MR) is 47.1 cm³/mol. The highest BCUT2D eigenvalue weighted by Gasteiger charge is 2.02. The van der Waals surface area contributed by atoms with E-state index in [4.69, 9.17) is 15.4 Å². The van der Waals surface area contributed by atoms with Gasteiger partial charge in [-0.2, -0.15) is 8.46 Å². The van der Waals surface area contributed by atoms with Gasteiger partial charge in [-0.3, -0.25) is 0 Å². The van der Waals surface area contributed by atoms with Gasteiger partial charge in [0, 0.05) is 0 Å². The van der Waals surface area contributed by atoms with E-state index in [2.05, 4.69) is 29.5 Å². The second-order valence-electron chi connectivity index (χ2n) is 1.40. The maximum atomic E-state index is 5.46. The minimum atomic E-state index is 0.223. The lowest BCUT2D eigenvalue weighted by atomic mass is 10.0. The first kappa shape index (κ1) is 8.29. The molecule has 0 nitrogen and oxygen atoms in total. The molecule has 0 aliphatic heterocycles. The Bertz CT molecular complexity index is 50.2. The molecular weight excluding hydrogens is 216 g/mol. The van der Waals surface area contributed by atoms with E-state index in [1.165, 1.54) is 0 Å². The van der Waals surface area contributed by atoms with Gasteiger partial charge in [0.1, 0.15) is 7.57 Å². The molecule has 0 N–H and O–H groups in total. The first-order valence-corrected chi connectivity index (χ1v) is 4.44. The third kappa shape index (κ3) is 3.84. The van der Waals surface area contributed by atoms with E-state index in [1.54, 1.807) is 0 Å². The maximum absolute atomic E-state index is 5.46. The van der Waals surface area contributed by atoms with E-state index in [0.717, 1.165) is 0 Å². The molecule has 3 unspecified atom stereocenters. The van der Waals surface area contributed by atoms with Crippen LogP contribution in [0.25, 0.3) is 0 Å². The normalized spacial score (nSPS) is 20.3. The molecule has 0 aromatic carbocycles. The Balaban J connectivity index is 3.14.